The van der Waals surface area contributed by atoms with Gasteiger partial charge in [0.2, 0.25) is 0 Å². The summed E-state index contributed by atoms with van der Waals surface area (Å²) < 4.78 is 5.26. The third-order valence-electron chi connectivity index (χ3n) is 2.30. The van der Waals surface area contributed by atoms with Crippen molar-refractivity contribution in [2.24, 2.45) is 0 Å². The molecule has 0 aromatic heterocycles. The second-order valence-electron chi connectivity index (χ2n) is 3.88. The number of ether oxygens (including phenoxy) is 1. The summed E-state index contributed by atoms with van der Waals surface area (Å²) in [7, 11) is 0. The number of aliphatic hydroxyl groups is 1. The van der Waals surface area contributed by atoms with Crippen molar-refractivity contribution in [1.82, 2.24) is 5.32 Å². The molecule has 0 aromatic rings. The second-order valence-corrected chi connectivity index (χ2v) is 3.88. The maximum Gasteiger partial charge on any atom is 0.100 e. The summed E-state index contributed by atoms with van der Waals surface area (Å²) in [4.78, 5) is 0. The van der Waals surface area contributed by atoms with Crippen LogP contribution in [-0.4, -0.2) is 30.4 Å². The van der Waals surface area contributed by atoms with Gasteiger partial charge in [-0.1, -0.05) is 11.6 Å². The Morgan fingerprint density at radius 2 is 2.57 bits per heavy atom. The molecule has 0 saturated carbocycles. The van der Waals surface area contributed by atoms with Crippen molar-refractivity contribution in [2.45, 2.75) is 38.8 Å². The molecule has 81 valence electrons. The van der Waals surface area contributed by atoms with Crippen LogP contribution in [0, 0.1) is 6.61 Å². The van der Waals surface area contributed by atoms with Crippen LogP contribution in [0.5, 0.6) is 0 Å². The van der Waals surface area contributed by atoms with E-state index in [1.165, 1.54) is 0 Å². The van der Waals surface area contributed by atoms with Gasteiger partial charge in [0.1, 0.15) is 6.61 Å². The molecule has 1 saturated heterocycles. The van der Waals surface area contributed by atoms with E-state index in [-0.39, 0.29) is 12.6 Å². The van der Waals surface area contributed by atoms with Crippen LogP contribution in [-0.2, 0) is 4.74 Å². The lowest BCUT2D eigenvalue weighted by Gasteiger charge is -2.25. The van der Waals surface area contributed by atoms with Crippen LogP contribution < -0.4 is 5.32 Å². The zero-order chi connectivity index (χ0) is 10.4. The van der Waals surface area contributed by atoms with E-state index in [0.29, 0.717) is 6.04 Å². The van der Waals surface area contributed by atoms with Gasteiger partial charge in [-0.15, -0.1) is 0 Å². The fourth-order valence-corrected chi connectivity index (χ4v) is 1.63. The minimum absolute atomic E-state index is 0.136. The lowest BCUT2D eigenvalue weighted by atomic mass is 10.1. The first kappa shape index (κ1) is 11.7. The van der Waals surface area contributed by atoms with Gasteiger partial charge in [-0.2, -0.15) is 0 Å². The molecule has 1 rings (SSSR count). The molecule has 1 radical (unpaired) electrons. The highest BCUT2D eigenvalue weighted by atomic mass is 16.5. The van der Waals surface area contributed by atoms with E-state index in [2.05, 4.69) is 12.2 Å². The summed E-state index contributed by atoms with van der Waals surface area (Å²) >= 11 is 0. The minimum atomic E-state index is 0.136. The molecule has 1 heterocycles. The topological polar surface area (TPSA) is 41.5 Å². The minimum Gasteiger partial charge on any atom is -0.392 e. The summed E-state index contributed by atoms with van der Waals surface area (Å²) in [5.74, 6) is 0. The van der Waals surface area contributed by atoms with Crippen LogP contribution in [0.1, 0.15) is 26.7 Å². The molecule has 0 bridgehead atoms. The zero-order valence-electron chi connectivity index (χ0n) is 8.99. The van der Waals surface area contributed by atoms with Gasteiger partial charge in [-0.05, 0) is 26.7 Å². The average Bonchev–Trinajstić information content (AvgIpc) is 2.19. The van der Waals surface area contributed by atoms with Crippen molar-refractivity contribution in [1.29, 1.82) is 0 Å². The number of aliphatic hydroxyl groups excluding tert-OH is 1. The molecule has 0 spiro atoms. The van der Waals surface area contributed by atoms with E-state index in [4.69, 9.17) is 9.84 Å². The van der Waals surface area contributed by atoms with Gasteiger partial charge in [-0.3, -0.25) is 0 Å². The molecule has 1 aliphatic heterocycles. The Hall–Kier alpha value is -0.380. The lowest BCUT2D eigenvalue weighted by Crippen LogP contribution is -2.38. The number of rotatable bonds is 4. The molecular formula is C11H20NO2. The van der Waals surface area contributed by atoms with Gasteiger partial charge < -0.3 is 15.2 Å². The molecule has 2 atom stereocenters. The van der Waals surface area contributed by atoms with Crippen molar-refractivity contribution in [2.75, 3.05) is 13.2 Å². The summed E-state index contributed by atoms with van der Waals surface area (Å²) in [6.07, 6.45) is 4.29. The first-order chi connectivity index (χ1) is 6.72. The molecule has 3 heteroatoms. The Kier molecular flexibility index (Phi) is 5.15. The maximum absolute atomic E-state index is 8.86. The molecule has 14 heavy (non-hydrogen) atoms. The van der Waals surface area contributed by atoms with Gasteiger partial charge in [0.25, 0.3) is 0 Å². The first-order valence-electron chi connectivity index (χ1n) is 5.21. The van der Waals surface area contributed by atoms with Crippen LogP contribution in [0.3, 0.4) is 0 Å². The van der Waals surface area contributed by atoms with Crippen molar-refractivity contribution < 1.29 is 9.84 Å². The molecular weight excluding hydrogens is 178 g/mol. The van der Waals surface area contributed by atoms with Gasteiger partial charge in [0.15, 0.2) is 0 Å². The molecule has 2 unspecified atom stereocenters. The van der Waals surface area contributed by atoms with Crippen molar-refractivity contribution in [3.05, 3.63) is 18.3 Å². The van der Waals surface area contributed by atoms with Crippen LogP contribution in [0.2, 0.25) is 0 Å². The SMILES string of the molecule is C/C(=C\C(C)NC1[CH]OCCC1)CO. The Morgan fingerprint density at radius 3 is 3.14 bits per heavy atom. The van der Waals surface area contributed by atoms with Gasteiger partial charge in [-0.25, -0.2) is 0 Å². The highest BCUT2D eigenvalue weighted by Crippen LogP contribution is 2.10. The Balaban J connectivity index is 2.28. The Labute approximate surface area is 86.2 Å². The quantitative estimate of drug-likeness (QED) is 0.668. The second kappa shape index (κ2) is 6.17. The van der Waals surface area contributed by atoms with Crippen molar-refractivity contribution in [3.8, 4) is 0 Å². The molecule has 1 aliphatic rings. The van der Waals surface area contributed by atoms with Gasteiger partial charge in [0, 0.05) is 18.7 Å². The summed E-state index contributed by atoms with van der Waals surface area (Å²) in [6, 6.07) is 0.631. The third-order valence-corrected chi connectivity index (χ3v) is 2.30. The van der Waals surface area contributed by atoms with Crippen LogP contribution in [0.4, 0.5) is 0 Å². The average molecular weight is 198 g/mol. The van der Waals surface area contributed by atoms with E-state index in [1.54, 1.807) is 0 Å². The smallest absolute Gasteiger partial charge is 0.100 e. The van der Waals surface area contributed by atoms with Crippen molar-refractivity contribution in [3.63, 3.8) is 0 Å². The van der Waals surface area contributed by atoms with Crippen LogP contribution >= 0.6 is 0 Å². The highest BCUT2D eigenvalue weighted by molar-refractivity contribution is 5.03. The van der Waals surface area contributed by atoms with E-state index in [1.807, 2.05) is 19.6 Å². The van der Waals surface area contributed by atoms with Gasteiger partial charge in [0.05, 0.1) is 6.61 Å². The predicted octanol–water partition coefficient (Wildman–Crippen LogP) is 1.24. The maximum atomic E-state index is 8.86. The monoisotopic (exact) mass is 198 g/mol. The first-order valence-corrected chi connectivity index (χ1v) is 5.21. The number of hydrogen-bond acceptors (Lipinski definition) is 3. The lowest BCUT2D eigenvalue weighted by molar-refractivity contribution is 0.128. The van der Waals surface area contributed by atoms with Gasteiger partial charge >= 0.3 is 0 Å². The fraction of sp³-hybridized carbons (Fsp3) is 0.727. The normalized spacial score (nSPS) is 26.2. The van der Waals surface area contributed by atoms with E-state index in [9.17, 15) is 0 Å². The third kappa shape index (κ3) is 4.22. The standard InChI is InChI=1S/C11H20NO2/c1-9(7-13)6-10(2)12-11-4-3-5-14-8-11/h6,8,10-13H,3-5,7H2,1-2H3/b9-6+. The van der Waals surface area contributed by atoms with Crippen molar-refractivity contribution >= 4 is 0 Å². The fourth-order valence-electron chi connectivity index (χ4n) is 1.63. The molecule has 1 fully saturated rings. The van der Waals surface area contributed by atoms with E-state index < -0.39 is 0 Å². The largest absolute Gasteiger partial charge is 0.392 e. The molecule has 0 aromatic carbocycles. The zero-order valence-corrected chi connectivity index (χ0v) is 8.99. The Bertz CT molecular complexity index is 186. The summed E-state index contributed by atoms with van der Waals surface area (Å²) in [6.45, 7) is 6.87. The van der Waals surface area contributed by atoms with Crippen LogP contribution in [0.15, 0.2) is 11.6 Å². The molecule has 3 nitrogen and oxygen atoms in total. The highest BCUT2D eigenvalue weighted by Gasteiger charge is 2.15. The van der Waals surface area contributed by atoms with E-state index in [0.717, 1.165) is 25.0 Å². The summed E-state index contributed by atoms with van der Waals surface area (Å²) in [5.41, 5.74) is 1.00. The summed E-state index contributed by atoms with van der Waals surface area (Å²) in [5, 5.41) is 12.3. The van der Waals surface area contributed by atoms with E-state index >= 15 is 0 Å². The predicted molar refractivity (Wildman–Crippen MR) is 56.7 cm³/mol. The molecule has 0 amide bonds. The Morgan fingerprint density at radius 1 is 1.79 bits per heavy atom. The number of nitrogens with one attached hydrogen (secondary N) is 1. The molecule has 0 aliphatic carbocycles. The van der Waals surface area contributed by atoms with Crippen LogP contribution in [0.25, 0.3) is 0 Å². The number of hydrogen-bond donors (Lipinski definition) is 2. The molecule has 2 N–H and O–H groups in total.